The third-order valence-corrected chi connectivity index (χ3v) is 4.86. The quantitative estimate of drug-likeness (QED) is 0.705. The highest BCUT2D eigenvalue weighted by Crippen LogP contribution is 2.15. The zero-order valence-corrected chi connectivity index (χ0v) is 16.3. The van der Waals surface area contributed by atoms with E-state index in [4.69, 9.17) is 0 Å². The molecule has 0 bridgehead atoms. The van der Waals surface area contributed by atoms with Crippen molar-refractivity contribution in [2.75, 3.05) is 19.6 Å². The molecule has 1 aliphatic heterocycles. The van der Waals surface area contributed by atoms with E-state index in [9.17, 15) is 18.8 Å². The molecule has 2 N–H and O–H groups in total. The molecule has 29 heavy (non-hydrogen) atoms. The van der Waals surface area contributed by atoms with Gasteiger partial charge in [0.2, 0.25) is 5.91 Å². The first-order valence-corrected chi connectivity index (χ1v) is 9.63. The fraction of sp³-hybridized carbons (Fsp3) is 0.318. The Hall–Kier alpha value is -3.22. The van der Waals surface area contributed by atoms with Crippen molar-refractivity contribution in [3.63, 3.8) is 0 Å². The molecule has 0 atom stereocenters. The molecule has 6 nitrogen and oxygen atoms in total. The normalized spacial score (nSPS) is 13.4. The van der Waals surface area contributed by atoms with Gasteiger partial charge in [-0.15, -0.1) is 0 Å². The lowest BCUT2D eigenvalue weighted by atomic mass is 10.1. The lowest BCUT2D eigenvalue weighted by Gasteiger charge is -2.16. The predicted octanol–water partition coefficient (Wildman–Crippen LogP) is 2.42. The van der Waals surface area contributed by atoms with E-state index < -0.39 is 11.7 Å². The first-order valence-electron chi connectivity index (χ1n) is 9.63. The lowest BCUT2D eigenvalue weighted by molar-refractivity contribution is -0.128. The van der Waals surface area contributed by atoms with Crippen molar-refractivity contribution in [2.45, 2.75) is 26.3 Å². The molecule has 3 rings (SSSR count). The van der Waals surface area contributed by atoms with E-state index in [1.807, 2.05) is 6.07 Å². The molecule has 3 amide bonds. The highest BCUT2D eigenvalue weighted by molar-refractivity contribution is 5.95. The molecule has 1 fully saturated rings. The van der Waals surface area contributed by atoms with Crippen LogP contribution in [0.25, 0.3) is 0 Å². The van der Waals surface area contributed by atoms with E-state index in [0.29, 0.717) is 24.1 Å². The second-order valence-corrected chi connectivity index (χ2v) is 7.09. The van der Waals surface area contributed by atoms with Crippen LogP contribution in [-0.4, -0.2) is 42.3 Å². The average Bonchev–Trinajstić information content (AvgIpc) is 3.11. The summed E-state index contributed by atoms with van der Waals surface area (Å²) in [6.45, 7) is 3.35. The van der Waals surface area contributed by atoms with Crippen molar-refractivity contribution in [1.29, 1.82) is 0 Å². The van der Waals surface area contributed by atoms with Crippen molar-refractivity contribution in [3.05, 3.63) is 70.5 Å². The van der Waals surface area contributed by atoms with E-state index in [2.05, 4.69) is 10.6 Å². The molecule has 0 aromatic heterocycles. The second-order valence-electron chi connectivity index (χ2n) is 7.09. The van der Waals surface area contributed by atoms with Gasteiger partial charge in [0.05, 0.1) is 0 Å². The first-order chi connectivity index (χ1) is 13.9. The molecule has 1 aliphatic rings. The van der Waals surface area contributed by atoms with Crippen LogP contribution in [0.2, 0.25) is 0 Å². The summed E-state index contributed by atoms with van der Waals surface area (Å²) in [7, 11) is 0. The lowest BCUT2D eigenvalue weighted by Crippen LogP contribution is -2.34. The third-order valence-electron chi connectivity index (χ3n) is 4.86. The van der Waals surface area contributed by atoms with E-state index in [1.165, 1.54) is 6.07 Å². The topological polar surface area (TPSA) is 78.5 Å². The Bertz CT molecular complexity index is 929. The number of hydrogen-bond acceptors (Lipinski definition) is 3. The van der Waals surface area contributed by atoms with Gasteiger partial charge < -0.3 is 15.5 Å². The first kappa shape index (κ1) is 20.5. The fourth-order valence-corrected chi connectivity index (χ4v) is 3.19. The number of rotatable bonds is 7. The summed E-state index contributed by atoms with van der Waals surface area (Å²) < 4.78 is 13.5. The predicted molar refractivity (Wildman–Crippen MR) is 107 cm³/mol. The number of carbonyl (C=O) groups is 3. The number of benzene rings is 2. The summed E-state index contributed by atoms with van der Waals surface area (Å²) in [5.74, 6) is -0.934. The molecule has 0 radical (unpaired) electrons. The standard InChI is InChI=1S/C22H24FN3O3/c1-15-7-8-18(13-19(15)23)22(29)25-10-9-24-21(28)17-5-2-4-16(12-17)14-26-11-3-6-20(26)27/h2,4-5,7-8,12-13H,3,6,9-11,14H2,1H3,(H,24,28)(H,25,29). The van der Waals surface area contributed by atoms with Crippen LogP contribution in [0.5, 0.6) is 0 Å². The van der Waals surface area contributed by atoms with Gasteiger partial charge in [0.25, 0.3) is 11.8 Å². The Morgan fingerprint density at radius 1 is 1.03 bits per heavy atom. The molecule has 0 unspecified atom stereocenters. The minimum Gasteiger partial charge on any atom is -0.350 e. The van der Waals surface area contributed by atoms with Gasteiger partial charge in [-0.2, -0.15) is 0 Å². The summed E-state index contributed by atoms with van der Waals surface area (Å²) in [6.07, 6.45) is 1.46. The molecular formula is C22H24FN3O3. The summed E-state index contributed by atoms with van der Waals surface area (Å²) in [5, 5.41) is 5.40. The monoisotopic (exact) mass is 397 g/mol. The molecule has 0 saturated carbocycles. The number of nitrogens with one attached hydrogen (secondary N) is 2. The summed E-state index contributed by atoms with van der Waals surface area (Å²) >= 11 is 0. The molecule has 1 saturated heterocycles. The molecular weight excluding hydrogens is 373 g/mol. The maximum absolute atomic E-state index is 13.5. The van der Waals surface area contributed by atoms with Crippen LogP contribution in [0.1, 0.15) is 44.7 Å². The number of amides is 3. The Labute approximate surface area is 169 Å². The van der Waals surface area contributed by atoms with Crippen LogP contribution in [-0.2, 0) is 11.3 Å². The molecule has 0 aliphatic carbocycles. The van der Waals surface area contributed by atoms with Crippen LogP contribution >= 0.6 is 0 Å². The Morgan fingerprint density at radius 2 is 1.72 bits per heavy atom. The van der Waals surface area contributed by atoms with Crippen LogP contribution in [0.15, 0.2) is 42.5 Å². The summed E-state index contributed by atoms with van der Waals surface area (Å²) in [6, 6.07) is 11.5. The van der Waals surface area contributed by atoms with Crippen LogP contribution < -0.4 is 10.6 Å². The summed E-state index contributed by atoms with van der Waals surface area (Å²) in [5.41, 5.74) is 2.12. The highest BCUT2D eigenvalue weighted by atomic mass is 19.1. The van der Waals surface area contributed by atoms with Gasteiger partial charge in [-0.3, -0.25) is 14.4 Å². The van der Waals surface area contributed by atoms with E-state index in [0.717, 1.165) is 18.5 Å². The Kier molecular flexibility index (Phi) is 6.59. The number of halogens is 1. The van der Waals surface area contributed by atoms with Gasteiger partial charge in [0.15, 0.2) is 0 Å². The van der Waals surface area contributed by atoms with E-state index in [1.54, 1.807) is 42.2 Å². The van der Waals surface area contributed by atoms with Crippen molar-refractivity contribution in [3.8, 4) is 0 Å². The SMILES string of the molecule is Cc1ccc(C(=O)NCCNC(=O)c2cccc(CN3CCCC3=O)c2)cc1F. The second kappa shape index (κ2) is 9.32. The molecule has 2 aromatic carbocycles. The maximum atomic E-state index is 13.5. The molecule has 1 heterocycles. The van der Waals surface area contributed by atoms with Crippen molar-refractivity contribution in [1.82, 2.24) is 15.5 Å². The minimum absolute atomic E-state index is 0.143. The number of carbonyl (C=O) groups excluding carboxylic acids is 3. The Morgan fingerprint density at radius 3 is 2.34 bits per heavy atom. The van der Waals surface area contributed by atoms with Crippen molar-refractivity contribution >= 4 is 17.7 Å². The number of nitrogens with zero attached hydrogens (tertiary/aromatic N) is 1. The van der Waals surface area contributed by atoms with Crippen molar-refractivity contribution < 1.29 is 18.8 Å². The number of aryl methyl sites for hydroxylation is 1. The van der Waals surface area contributed by atoms with Crippen LogP contribution in [0.4, 0.5) is 4.39 Å². The minimum atomic E-state index is -0.429. The van der Waals surface area contributed by atoms with Gasteiger partial charge in [0, 0.05) is 43.7 Å². The average molecular weight is 397 g/mol. The Balaban J connectivity index is 1.46. The zero-order chi connectivity index (χ0) is 20.8. The van der Waals surface area contributed by atoms with Crippen LogP contribution in [0, 0.1) is 12.7 Å². The smallest absolute Gasteiger partial charge is 0.251 e. The highest BCUT2D eigenvalue weighted by Gasteiger charge is 2.20. The molecule has 0 spiro atoms. The molecule has 152 valence electrons. The largest absolute Gasteiger partial charge is 0.350 e. The number of likely N-dealkylation sites (tertiary alicyclic amines) is 1. The van der Waals surface area contributed by atoms with Crippen molar-refractivity contribution in [2.24, 2.45) is 0 Å². The van der Waals surface area contributed by atoms with Gasteiger partial charge in [-0.05, 0) is 48.7 Å². The fourth-order valence-electron chi connectivity index (χ4n) is 3.19. The maximum Gasteiger partial charge on any atom is 0.251 e. The summed E-state index contributed by atoms with van der Waals surface area (Å²) in [4.78, 5) is 37.9. The van der Waals surface area contributed by atoms with Crippen LogP contribution in [0.3, 0.4) is 0 Å². The number of hydrogen-bond donors (Lipinski definition) is 2. The third kappa shape index (κ3) is 5.40. The van der Waals surface area contributed by atoms with Gasteiger partial charge in [0.1, 0.15) is 5.82 Å². The van der Waals surface area contributed by atoms with E-state index in [-0.39, 0.29) is 30.5 Å². The van der Waals surface area contributed by atoms with Gasteiger partial charge in [-0.25, -0.2) is 4.39 Å². The van der Waals surface area contributed by atoms with Gasteiger partial charge >= 0.3 is 0 Å². The zero-order valence-electron chi connectivity index (χ0n) is 16.3. The molecule has 2 aromatic rings. The molecule has 7 heteroatoms. The van der Waals surface area contributed by atoms with Gasteiger partial charge in [-0.1, -0.05) is 18.2 Å². The van der Waals surface area contributed by atoms with E-state index >= 15 is 0 Å².